The van der Waals surface area contributed by atoms with Crippen LogP contribution in [0.15, 0.2) is 71.8 Å². The Morgan fingerprint density at radius 1 is 1.00 bits per heavy atom. The van der Waals surface area contributed by atoms with E-state index in [1.165, 1.54) is 11.1 Å². The minimum Gasteiger partial charge on any atom is -0.395 e. The van der Waals surface area contributed by atoms with Crippen LogP contribution in [-0.4, -0.2) is 30.9 Å². The molecule has 4 nitrogen and oxygen atoms in total. The maximum absolute atomic E-state index is 12.2. The van der Waals surface area contributed by atoms with Crippen molar-refractivity contribution >= 4 is 9.84 Å². The average Bonchev–Trinajstić information content (AvgIpc) is 3.56. The molecule has 0 saturated heterocycles. The van der Waals surface area contributed by atoms with Gasteiger partial charge >= 0.3 is 0 Å². The van der Waals surface area contributed by atoms with Crippen molar-refractivity contribution in [1.29, 1.82) is 0 Å². The molecule has 0 unspecified atom stereocenters. The van der Waals surface area contributed by atoms with E-state index in [0.29, 0.717) is 11.8 Å². The Labute approximate surface area is 178 Å². The SMILES string of the molecule is CCCc1ccc(-c2ccc(S(=O)(=O)CCO)cc2)cc1[C@H]1C[C@H]1c1ccccn1. The van der Waals surface area contributed by atoms with E-state index in [-0.39, 0.29) is 17.3 Å². The fourth-order valence-electron chi connectivity index (χ4n) is 4.17. The molecule has 4 rings (SSSR count). The third kappa shape index (κ3) is 4.32. The van der Waals surface area contributed by atoms with E-state index in [0.717, 1.165) is 36.1 Å². The summed E-state index contributed by atoms with van der Waals surface area (Å²) in [5.74, 6) is 0.715. The van der Waals surface area contributed by atoms with Gasteiger partial charge in [-0.05, 0) is 65.3 Å². The lowest BCUT2D eigenvalue weighted by atomic mass is 9.93. The highest BCUT2D eigenvalue weighted by molar-refractivity contribution is 7.91. The van der Waals surface area contributed by atoms with Gasteiger partial charge < -0.3 is 5.11 Å². The molecule has 0 aliphatic heterocycles. The van der Waals surface area contributed by atoms with Gasteiger partial charge in [0.2, 0.25) is 0 Å². The van der Waals surface area contributed by atoms with Gasteiger partial charge in [0.1, 0.15) is 0 Å². The summed E-state index contributed by atoms with van der Waals surface area (Å²) in [6.07, 6.45) is 5.14. The molecule has 1 saturated carbocycles. The van der Waals surface area contributed by atoms with E-state index in [2.05, 4.69) is 36.2 Å². The summed E-state index contributed by atoms with van der Waals surface area (Å²) >= 11 is 0. The highest BCUT2D eigenvalue weighted by Crippen LogP contribution is 2.55. The van der Waals surface area contributed by atoms with Gasteiger partial charge in [0.25, 0.3) is 0 Å². The molecule has 156 valence electrons. The molecule has 1 aliphatic rings. The second kappa shape index (κ2) is 8.70. The first kappa shape index (κ1) is 20.8. The first-order chi connectivity index (χ1) is 14.5. The number of nitrogens with zero attached hydrogens (tertiary/aromatic N) is 1. The van der Waals surface area contributed by atoms with Crippen molar-refractivity contribution in [2.24, 2.45) is 0 Å². The number of pyridine rings is 1. The zero-order valence-electron chi connectivity index (χ0n) is 17.2. The Kier molecular flexibility index (Phi) is 6.02. The number of aliphatic hydroxyl groups is 1. The molecule has 1 aromatic heterocycles. The molecule has 3 aromatic rings. The van der Waals surface area contributed by atoms with Gasteiger partial charge in [0, 0.05) is 17.8 Å². The number of hydrogen-bond donors (Lipinski definition) is 1. The maximum atomic E-state index is 12.2. The third-order valence-corrected chi connectivity index (χ3v) is 7.54. The van der Waals surface area contributed by atoms with Crippen molar-refractivity contribution in [2.75, 3.05) is 12.4 Å². The van der Waals surface area contributed by atoms with Crippen LogP contribution >= 0.6 is 0 Å². The Hall–Kier alpha value is -2.50. The second-order valence-electron chi connectivity index (χ2n) is 7.93. The van der Waals surface area contributed by atoms with Crippen molar-refractivity contribution in [2.45, 2.75) is 42.9 Å². The number of hydrogen-bond acceptors (Lipinski definition) is 4. The van der Waals surface area contributed by atoms with Crippen LogP contribution in [0.25, 0.3) is 11.1 Å². The minimum atomic E-state index is -3.43. The quantitative estimate of drug-likeness (QED) is 0.571. The fourth-order valence-corrected chi connectivity index (χ4v) is 5.20. The van der Waals surface area contributed by atoms with Gasteiger partial charge in [-0.15, -0.1) is 0 Å². The molecule has 2 aromatic carbocycles. The topological polar surface area (TPSA) is 67.3 Å². The number of aryl methyl sites for hydroxylation is 1. The molecule has 5 heteroatoms. The third-order valence-electron chi connectivity index (χ3n) is 5.83. The van der Waals surface area contributed by atoms with E-state index in [1.54, 1.807) is 12.1 Å². The van der Waals surface area contributed by atoms with Crippen LogP contribution in [0.5, 0.6) is 0 Å². The summed E-state index contributed by atoms with van der Waals surface area (Å²) in [6.45, 7) is 1.83. The monoisotopic (exact) mass is 421 g/mol. The van der Waals surface area contributed by atoms with Gasteiger partial charge in [-0.2, -0.15) is 0 Å². The summed E-state index contributed by atoms with van der Waals surface area (Å²) in [5.41, 5.74) is 6.04. The summed E-state index contributed by atoms with van der Waals surface area (Å²) in [6, 6.07) is 19.7. The van der Waals surface area contributed by atoms with Crippen LogP contribution < -0.4 is 0 Å². The van der Waals surface area contributed by atoms with Gasteiger partial charge in [-0.3, -0.25) is 4.98 Å². The van der Waals surface area contributed by atoms with Crippen LogP contribution in [0.4, 0.5) is 0 Å². The molecule has 2 atom stereocenters. The maximum Gasteiger partial charge on any atom is 0.180 e. The predicted molar refractivity (Wildman–Crippen MR) is 119 cm³/mol. The highest BCUT2D eigenvalue weighted by atomic mass is 32.2. The zero-order valence-corrected chi connectivity index (χ0v) is 18.0. The lowest BCUT2D eigenvalue weighted by Crippen LogP contribution is -2.09. The largest absolute Gasteiger partial charge is 0.395 e. The van der Waals surface area contributed by atoms with Crippen LogP contribution in [0.3, 0.4) is 0 Å². The number of aliphatic hydroxyl groups excluding tert-OH is 1. The average molecular weight is 422 g/mol. The lowest BCUT2D eigenvalue weighted by molar-refractivity contribution is 0.319. The molecular weight excluding hydrogens is 394 g/mol. The predicted octanol–water partition coefficient (Wildman–Crippen LogP) is 4.74. The molecule has 0 amide bonds. The molecule has 1 aliphatic carbocycles. The Morgan fingerprint density at radius 2 is 1.77 bits per heavy atom. The van der Waals surface area contributed by atoms with Crippen LogP contribution in [-0.2, 0) is 16.3 Å². The second-order valence-corrected chi connectivity index (χ2v) is 10.0. The molecule has 1 fully saturated rings. The van der Waals surface area contributed by atoms with E-state index in [4.69, 9.17) is 5.11 Å². The molecule has 1 N–H and O–H groups in total. The first-order valence-corrected chi connectivity index (χ1v) is 12.2. The summed E-state index contributed by atoms with van der Waals surface area (Å²) in [7, 11) is -3.43. The fraction of sp³-hybridized carbons (Fsp3) is 0.320. The zero-order chi connectivity index (χ0) is 21.1. The van der Waals surface area contributed by atoms with Crippen molar-refractivity contribution in [3.63, 3.8) is 0 Å². The Morgan fingerprint density at radius 3 is 2.43 bits per heavy atom. The van der Waals surface area contributed by atoms with Crippen molar-refractivity contribution in [3.05, 3.63) is 83.7 Å². The normalized spacial score (nSPS) is 18.3. The van der Waals surface area contributed by atoms with Crippen LogP contribution in [0, 0.1) is 0 Å². The number of sulfone groups is 1. The summed E-state index contributed by atoms with van der Waals surface area (Å²) in [5, 5.41) is 8.97. The number of rotatable bonds is 8. The molecule has 0 bridgehead atoms. The van der Waals surface area contributed by atoms with E-state index in [1.807, 2.05) is 30.5 Å². The molecule has 0 radical (unpaired) electrons. The number of benzene rings is 2. The van der Waals surface area contributed by atoms with E-state index in [9.17, 15) is 8.42 Å². The van der Waals surface area contributed by atoms with Crippen LogP contribution in [0.1, 0.15) is 48.4 Å². The van der Waals surface area contributed by atoms with E-state index < -0.39 is 9.84 Å². The lowest BCUT2D eigenvalue weighted by Gasteiger charge is -2.12. The first-order valence-electron chi connectivity index (χ1n) is 10.5. The molecule has 0 spiro atoms. The van der Waals surface area contributed by atoms with Crippen molar-refractivity contribution in [3.8, 4) is 11.1 Å². The van der Waals surface area contributed by atoms with Gasteiger partial charge in [-0.1, -0.05) is 49.7 Å². The molecular formula is C25H27NO3S. The van der Waals surface area contributed by atoms with E-state index >= 15 is 0 Å². The highest BCUT2D eigenvalue weighted by Gasteiger charge is 2.41. The van der Waals surface area contributed by atoms with Crippen molar-refractivity contribution < 1.29 is 13.5 Å². The van der Waals surface area contributed by atoms with Gasteiger partial charge in [-0.25, -0.2) is 8.42 Å². The van der Waals surface area contributed by atoms with Gasteiger partial charge in [0.05, 0.1) is 17.3 Å². The Balaban J connectivity index is 1.63. The minimum absolute atomic E-state index is 0.250. The van der Waals surface area contributed by atoms with Crippen LogP contribution in [0.2, 0.25) is 0 Å². The summed E-state index contributed by atoms with van der Waals surface area (Å²) in [4.78, 5) is 4.80. The number of aromatic nitrogens is 1. The summed E-state index contributed by atoms with van der Waals surface area (Å²) < 4.78 is 24.3. The van der Waals surface area contributed by atoms with Gasteiger partial charge in [0.15, 0.2) is 9.84 Å². The van der Waals surface area contributed by atoms with Crippen molar-refractivity contribution in [1.82, 2.24) is 4.98 Å². The smallest absolute Gasteiger partial charge is 0.180 e. The molecule has 30 heavy (non-hydrogen) atoms. The standard InChI is InChI=1S/C25H27NO3S/c1-2-5-19-7-8-20(18-9-11-21(12-10-18)30(28,29)15-14-27)16-22(19)23-17-24(23)25-6-3-4-13-26-25/h3-4,6-13,16,23-24,27H,2,5,14-15,17H2,1H3/t23-,24-/m1/s1. The Bertz CT molecular complexity index is 1110. The molecule has 1 heterocycles.